The molecule has 2 aromatic heterocycles. The molecule has 0 saturated carbocycles. The molecule has 158 valence electrons. The van der Waals surface area contributed by atoms with Crippen LogP contribution >= 0.6 is 46.8 Å². The summed E-state index contributed by atoms with van der Waals surface area (Å²) in [6, 6.07) is 10.4. The predicted octanol–water partition coefficient (Wildman–Crippen LogP) is 4.60. The molecule has 0 aliphatic heterocycles. The van der Waals surface area contributed by atoms with Crippen LogP contribution in [0.25, 0.3) is 15.5 Å². The number of nitrogens with zero attached hydrogens (tertiary/aromatic N) is 4. The number of ether oxygens (including phenoxy) is 1. The van der Waals surface area contributed by atoms with Crippen molar-refractivity contribution in [2.45, 2.75) is 6.92 Å². The van der Waals surface area contributed by atoms with Crippen molar-refractivity contribution in [3.8, 4) is 16.3 Å². The maximum Gasteiger partial charge on any atom is 0.257 e. The van der Waals surface area contributed by atoms with Gasteiger partial charge < -0.3 is 10.1 Å². The van der Waals surface area contributed by atoms with Crippen LogP contribution < -0.4 is 15.4 Å². The Morgan fingerprint density at radius 1 is 1.19 bits per heavy atom. The molecule has 0 aliphatic rings. The van der Waals surface area contributed by atoms with Crippen molar-refractivity contribution >= 4 is 68.4 Å². The number of aryl methyl sites for hydroxylation is 1. The Morgan fingerprint density at radius 2 is 1.94 bits per heavy atom. The number of anilines is 1. The topological polar surface area (TPSA) is 93.4 Å². The van der Waals surface area contributed by atoms with Crippen LogP contribution in [0.2, 0.25) is 10.0 Å². The molecule has 0 unspecified atom stereocenters. The maximum atomic E-state index is 12.5. The highest BCUT2D eigenvalue weighted by Gasteiger charge is 2.15. The first-order valence-electron chi connectivity index (χ1n) is 8.80. The van der Waals surface area contributed by atoms with Crippen molar-refractivity contribution in [2.24, 2.45) is 0 Å². The number of benzene rings is 2. The van der Waals surface area contributed by atoms with Crippen LogP contribution in [-0.4, -0.2) is 37.9 Å². The molecule has 0 aliphatic carbocycles. The van der Waals surface area contributed by atoms with Crippen LogP contribution in [-0.2, 0) is 0 Å². The molecule has 4 rings (SSSR count). The first-order valence-corrected chi connectivity index (χ1v) is 10.8. The number of hydrogen-bond donors (Lipinski definition) is 2. The number of fused-ring (bicyclic) bond motifs is 1. The van der Waals surface area contributed by atoms with Gasteiger partial charge in [-0.15, -0.1) is 10.2 Å². The highest BCUT2D eigenvalue weighted by molar-refractivity contribution is 7.80. The number of thiocarbonyl (C=S) groups is 1. The Kier molecular flexibility index (Phi) is 6.05. The summed E-state index contributed by atoms with van der Waals surface area (Å²) in [5.41, 5.74) is 1.82. The average molecular weight is 493 g/mol. The zero-order valence-electron chi connectivity index (χ0n) is 16.1. The van der Waals surface area contributed by atoms with E-state index >= 15 is 0 Å². The molecule has 12 heteroatoms. The lowest BCUT2D eigenvalue weighted by molar-refractivity contribution is 0.0977. The smallest absolute Gasteiger partial charge is 0.257 e. The van der Waals surface area contributed by atoms with Crippen LogP contribution in [0, 0.1) is 6.92 Å². The summed E-state index contributed by atoms with van der Waals surface area (Å²) in [6.07, 6.45) is 0. The Labute approximate surface area is 196 Å². The zero-order chi connectivity index (χ0) is 22.1. The zero-order valence-corrected chi connectivity index (χ0v) is 19.3. The summed E-state index contributed by atoms with van der Waals surface area (Å²) in [5.74, 6) is 0.566. The van der Waals surface area contributed by atoms with Gasteiger partial charge in [-0.1, -0.05) is 46.7 Å². The Balaban J connectivity index is 1.47. The highest BCUT2D eigenvalue weighted by Crippen LogP contribution is 2.33. The predicted molar refractivity (Wildman–Crippen MR) is 126 cm³/mol. The van der Waals surface area contributed by atoms with Crippen LogP contribution in [0.3, 0.4) is 0 Å². The minimum absolute atomic E-state index is 0.124. The molecule has 0 atom stereocenters. The lowest BCUT2D eigenvalue weighted by Gasteiger charge is -2.12. The van der Waals surface area contributed by atoms with E-state index in [4.69, 9.17) is 40.2 Å². The van der Waals surface area contributed by atoms with Crippen molar-refractivity contribution in [2.75, 3.05) is 12.4 Å². The average Bonchev–Trinajstić information content (AvgIpc) is 3.30. The molecule has 0 fully saturated rings. The minimum Gasteiger partial charge on any atom is -0.494 e. The van der Waals surface area contributed by atoms with E-state index in [-0.39, 0.29) is 20.7 Å². The second kappa shape index (κ2) is 8.75. The molecular weight excluding hydrogens is 479 g/mol. The van der Waals surface area contributed by atoms with E-state index in [1.54, 1.807) is 4.52 Å². The number of rotatable bonds is 4. The largest absolute Gasteiger partial charge is 0.494 e. The summed E-state index contributed by atoms with van der Waals surface area (Å²) in [7, 11) is 1.45. The number of hydrogen-bond acceptors (Lipinski definition) is 7. The van der Waals surface area contributed by atoms with E-state index in [0.717, 1.165) is 16.4 Å². The third kappa shape index (κ3) is 4.47. The number of carbonyl (C=O) groups is 1. The number of carbonyl (C=O) groups excluding carboxylic acids is 1. The van der Waals surface area contributed by atoms with Gasteiger partial charge in [-0.3, -0.25) is 10.1 Å². The lowest BCUT2D eigenvalue weighted by Crippen LogP contribution is -2.34. The fourth-order valence-corrected chi connectivity index (χ4v) is 4.52. The molecule has 0 spiro atoms. The first-order chi connectivity index (χ1) is 14.9. The molecule has 2 heterocycles. The molecule has 0 bridgehead atoms. The van der Waals surface area contributed by atoms with E-state index in [9.17, 15) is 4.79 Å². The summed E-state index contributed by atoms with van der Waals surface area (Å²) < 4.78 is 6.78. The monoisotopic (exact) mass is 492 g/mol. The molecule has 0 saturated heterocycles. The van der Waals surface area contributed by atoms with Gasteiger partial charge in [0.05, 0.1) is 17.2 Å². The molecule has 2 N–H and O–H groups in total. The molecule has 31 heavy (non-hydrogen) atoms. The van der Waals surface area contributed by atoms with E-state index < -0.39 is 5.91 Å². The fraction of sp³-hybridized carbons (Fsp3) is 0.105. The van der Waals surface area contributed by atoms with Gasteiger partial charge in [-0.2, -0.15) is 9.61 Å². The normalized spacial score (nSPS) is 10.8. The molecule has 0 radical (unpaired) electrons. The summed E-state index contributed by atoms with van der Waals surface area (Å²) in [5, 5.41) is 19.6. The van der Waals surface area contributed by atoms with E-state index in [1.807, 2.05) is 31.2 Å². The van der Waals surface area contributed by atoms with Gasteiger partial charge in [-0.25, -0.2) is 0 Å². The molecule has 2 aromatic carbocycles. The number of nitrogens with one attached hydrogen (secondary N) is 2. The standard InChI is InChI=1S/C19H14Cl2N6O2S2/c1-9-24-25-19-27(9)26-17(31-19)10-4-3-5-12(6-10)22-18(30)23-16(28)11-7-13(20)15(29-2)14(21)8-11/h3-8H,1-2H3,(H2,22,23,28,30). The van der Waals surface area contributed by atoms with Gasteiger partial charge in [0.1, 0.15) is 5.01 Å². The quantitative estimate of drug-likeness (QED) is 0.402. The van der Waals surface area contributed by atoms with Gasteiger partial charge in [0.25, 0.3) is 5.91 Å². The fourth-order valence-electron chi connectivity index (χ4n) is 2.79. The third-order valence-electron chi connectivity index (χ3n) is 4.21. The van der Waals surface area contributed by atoms with E-state index in [1.165, 1.54) is 30.6 Å². The SMILES string of the molecule is COc1c(Cl)cc(C(=O)NC(=S)Nc2cccc(-c3nn4c(C)nnc4s3)c2)cc1Cl. The second-order valence-electron chi connectivity index (χ2n) is 6.31. The molecule has 1 amide bonds. The number of amides is 1. The Hall–Kier alpha value is -2.79. The Bertz CT molecular complexity index is 1300. The first kappa shape index (κ1) is 21.4. The highest BCUT2D eigenvalue weighted by atomic mass is 35.5. The van der Waals surface area contributed by atoms with Gasteiger partial charge in [0, 0.05) is 16.8 Å². The van der Waals surface area contributed by atoms with Crippen molar-refractivity contribution in [1.82, 2.24) is 25.1 Å². The summed E-state index contributed by atoms with van der Waals surface area (Å²) in [6.45, 7) is 1.84. The van der Waals surface area contributed by atoms with Crippen molar-refractivity contribution < 1.29 is 9.53 Å². The summed E-state index contributed by atoms with van der Waals surface area (Å²) >= 11 is 18.9. The lowest BCUT2D eigenvalue weighted by atomic mass is 10.2. The second-order valence-corrected chi connectivity index (χ2v) is 8.49. The summed E-state index contributed by atoms with van der Waals surface area (Å²) in [4.78, 5) is 13.2. The number of halogens is 2. The molecular formula is C19H14Cl2N6O2S2. The number of aromatic nitrogens is 4. The minimum atomic E-state index is -0.454. The van der Waals surface area contributed by atoms with Gasteiger partial charge in [-0.05, 0) is 43.4 Å². The van der Waals surface area contributed by atoms with Gasteiger partial charge in [0.2, 0.25) is 4.96 Å². The van der Waals surface area contributed by atoms with E-state index in [0.29, 0.717) is 16.4 Å². The molecule has 4 aromatic rings. The van der Waals surface area contributed by atoms with Crippen molar-refractivity contribution in [3.05, 3.63) is 57.8 Å². The van der Waals surface area contributed by atoms with Gasteiger partial charge >= 0.3 is 0 Å². The third-order valence-corrected chi connectivity index (χ3v) is 5.92. The van der Waals surface area contributed by atoms with Crippen LogP contribution in [0.5, 0.6) is 5.75 Å². The Morgan fingerprint density at radius 3 is 2.61 bits per heavy atom. The van der Waals surface area contributed by atoms with Crippen LogP contribution in [0.1, 0.15) is 16.2 Å². The van der Waals surface area contributed by atoms with Gasteiger partial charge in [0.15, 0.2) is 16.7 Å². The number of methoxy groups -OCH3 is 1. The maximum absolute atomic E-state index is 12.5. The van der Waals surface area contributed by atoms with Crippen molar-refractivity contribution in [3.63, 3.8) is 0 Å². The molecule has 8 nitrogen and oxygen atoms in total. The van der Waals surface area contributed by atoms with Crippen LogP contribution in [0.4, 0.5) is 5.69 Å². The van der Waals surface area contributed by atoms with E-state index in [2.05, 4.69) is 25.9 Å². The van der Waals surface area contributed by atoms with Crippen molar-refractivity contribution in [1.29, 1.82) is 0 Å². The van der Waals surface area contributed by atoms with Crippen LogP contribution in [0.15, 0.2) is 36.4 Å².